The number of carbonyl (C=O) groups is 1. The van der Waals surface area contributed by atoms with E-state index in [4.69, 9.17) is 5.73 Å². The zero-order chi connectivity index (χ0) is 22.4. The Morgan fingerprint density at radius 2 is 2.10 bits per heavy atom. The first-order chi connectivity index (χ1) is 14.9. The SMILES string of the molecule is CCC[C@@H](CCO)Nc1nc(N)nc(C)c1Cc1ccc(N2CCNCC2=O)cc1C. The number of amides is 1. The maximum atomic E-state index is 12.2. The molecule has 31 heavy (non-hydrogen) atoms. The minimum absolute atomic E-state index is 0.0958. The number of piperazine rings is 1. The Balaban J connectivity index is 1.87. The number of anilines is 3. The molecule has 0 aliphatic carbocycles. The standard InChI is InChI=1S/C23H34N6O2/c1-4-5-18(8-11-30)27-22-20(16(3)26-23(24)28-22)13-17-6-7-19(12-15(17)2)29-10-9-25-14-21(29)31/h6-7,12,18,25,30H,4-5,8-11,13-14H2,1-3H3,(H3,24,26,27,28)/t18-/m0/s1. The number of aryl methyl sites for hydroxylation is 2. The first-order valence-corrected chi connectivity index (χ1v) is 11.0. The van der Waals surface area contributed by atoms with Gasteiger partial charge >= 0.3 is 0 Å². The molecule has 1 saturated heterocycles. The predicted molar refractivity (Wildman–Crippen MR) is 124 cm³/mol. The highest BCUT2D eigenvalue weighted by molar-refractivity contribution is 5.95. The van der Waals surface area contributed by atoms with Crippen LogP contribution >= 0.6 is 0 Å². The summed E-state index contributed by atoms with van der Waals surface area (Å²) >= 11 is 0. The molecule has 1 fully saturated rings. The zero-order valence-electron chi connectivity index (χ0n) is 18.7. The molecule has 5 N–H and O–H groups in total. The smallest absolute Gasteiger partial charge is 0.240 e. The summed E-state index contributed by atoms with van der Waals surface area (Å²) in [5, 5.41) is 16.0. The summed E-state index contributed by atoms with van der Waals surface area (Å²) in [6.07, 6.45) is 3.27. The number of nitrogens with two attached hydrogens (primary N) is 1. The van der Waals surface area contributed by atoms with Crippen molar-refractivity contribution >= 4 is 23.4 Å². The average Bonchev–Trinajstić information content (AvgIpc) is 2.72. The Labute approximate surface area is 184 Å². The molecule has 0 radical (unpaired) electrons. The van der Waals surface area contributed by atoms with Gasteiger partial charge in [0.25, 0.3) is 0 Å². The van der Waals surface area contributed by atoms with Gasteiger partial charge in [-0.25, -0.2) is 4.98 Å². The summed E-state index contributed by atoms with van der Waals surface area (Å²) in [6.45, 7) is 8.12. The third-order valence-electron chi connectivity index (χ3n) is 5.78. The van der Waals surface area contributed by atoms with Crippen LogP contribution in [0.3, 0.4) is 0 Å². The maximum Gasteiger partial charge on any atom is 0.240 e. The van der Waals surface area contributed by atoms with Gasteiger partial charge in [0, 0.05) is 49.1 Å². The van der Waals surface area contributed by atoms with Gasteiger partial charge in [-0.1, -0.05) is 19.4 Å². The summed E-state index contributed by atoms with van der Waals surface area (Å²) in [6, 6.07) is 6.30. The second kappa shape index (κ2) is 10.5. The molecule has 8 nitrogen and oxygen atoms in total. The van der Waals surface area contributed by atoms with Crippen molar-refractivity contribution in [1.29, 1.82) is 0 Å². The largest absolute Gasteiger partial charge is 0.396 e. The molecule has 1 atom stereocenters. The number of aliphatic hydroxyl groups excluding tert-OH is 1. The molecule has 2 aromatic rings. The molecule has 168 valence electrons. The molecule has 2 heterocycles. The molecule has 0 saturated carbocycles. The lowest BCUT2D eigenvalue weighted by Gasteiger charge is -2.28. The van der Waals surface area contributed by atoms with E-state index < -0.39 is 0 Å². The number of carbonyl (C=O) groups excluding carboxylic acids is 1. The molecule has 0 unspecified atom stereocenters. The molecule has 1 aromatic heterocycles. The van der Waals surface area contributed by atoms with Crippen molar-refractivity contribution in [3.8, 4) is 0 Å². The molecule has 1 aliphatic heterocycles. The lowest BCUT2D eigenvalue weighted by Crippen LogP contribution is -2.48. The number of aliphatic hydroxyl groups is 1. The Morgan fingerprint density at radius 3 is 2.77 bits per heavy atom. The number of hydrogen-bond donors (Lipinski definition) is 4. The van der Waals surface area contributed by atoms with Crippen molar-refractivity contribution in [2.45, 2.75) is 52.5 Å². The fourth-order valence-electron chi connectivity index (χ4n) is 4.05. The van der Waals surface area contributed by atoms with Crippen LogP contribution in [-0.4, -0.2) is 53.3 Å². The first-order valence-electron chi connectivity index (χ1n) is 11.0. The number of rotatable bonds is 9. The quantitative estimate of drug-likeness (QED) is 0.485. The molecule has 8 heteroatoms. The van der Waals surface area contributed by atoms with Crippen LogP contribution in [0.4, 0.5) is 17.5 Å². The number of nitrogen functional groups attached to an aromatic ring is 1. The second-order valence-corrected chi connectivity index (χ2v) is 8.15. The molecule has 1 aromatic carbocycles. The van der Waals surface area contributed by atoms with E-state index in [9.17, 15) is 9.90 Å². The highest BCUT2D eigenvalue weighted by atomic mass is 16.3. The molecule has 0 bridgehead atoms. The summed E-state index contributed by atoms with van der Waals surface area (Å²) < 4.78 is 0. The van der Waals surface area contributed by atoms with Gasteiger partial charge in [-0.05, 0) is 49.9 Å². The van der Waals surface area contributed by atoms with E-state index in [-0.39, 0.29) is 24.5 Å². The normalized spacial score (nSPS) is 15.2. The average molecular weight is 427 g/mol. The zero-order valence-corrected chi connectivity index (χ0v) is 18.7. The van der Waals surface area contributed by atoms with Crippen molar-refractivity contribution in [3.63, 3.8) is 0 Å². The summed E-state index contributed by atoms with van der Waals surface area (Å²) in [5.74, 6) is 1.07. The highest BCUT2D eigenvalue weighted by Gasteiger charge is 2.20. The van der Waals surface area contributed by atoms with Gasteiger partial charge in [-0.15, -0.1) is 0 Å². The van der Waals surface area contributed by atoms with Crippen LogP contribution < -0.4 is 21.3 Å². The van der Waals surface area contributed by atoms with Crippen molar-refractivity contribution in [1.82, 2.24) is 15.3 Å². The first kappa shape index (κ1) is 23.0. The minimum atomic E-state index is 0.0958. The Hall–Kier alpha value is -2.71. The highest BCUT2D eigenvalue weighted by Crippen LogP contribution is 2.27. The molecule has 1 amide bonds. The van der Waals surface area contributed by atoms with E-state index in [0.717, 1.165) is 53.3 Å². The van der Waals surface area contributed by atoms with Gasteiger partial charge in [0.1, 0.15) is 5.82 Å². The monoisotopic (exact) mass is 426 g/mol. The Morgan fingerprint density at radius 1 is 1.29 bits per heavy atom. The predicted octanol–water partition coefficient (Wildman–Crippen LogP) is 2.17. The third kappa shape index (κ3) is 5.71. The van der Waals surface area contributed by atoms with Gasteiger partial charge in [-0.2, -0.15) is 4.98 Å². The van der Waals surface area contributed by atoms with Crippen LogP contribution in [-0.2, 0) is 11.2 Å². The summed E-state index contributed by atoms with van der Waals surface area (Å²) in [4.78, 5) is 22.9. The van der Waals surface area contributed by atoms with Crippen molar-refractivity contribution < 1.29 is 9.90 Å². The Kier molecular flexibility index (Phi) is 7.81. The molecular weight excluding hydrogens is 392 g/mol. The van der Waals surface area contributed by atoms with Gasteiger partial charge in [-0.3, -0.25) is 4.79 Å². The fraction of sp³-hybridized carbons (Fsp3) is 0.522. The molecular formula is C23H34N6O2. The Bertz CT molecular complexity index is 911. The topological polar surface area (TPSA) is 116 Å². The van der Waals surface area contributed by atoms with Crippen LogP contribution in [0.2, 0.25) is 0 Å². The second-order valence-electron chi connectivity index (χ2n) is 8.15. The lowest BCUT2D eigenvalue weighted by atomic mass is 9.98. The van der Waals surface area contributed by atoms with E-state index in [0.29, 0.717) is 25.9 Å². The molecule has 3 rings (SSSR count). The van der Waals surface area contributed by atoms with Crippen molar-refractivity contribution in [3.05, 3.63) is 40.6 Å². The number of benzene rings is 1. The third-order valence-corrected chi connectivity index (χ3v) is 5.78. The van der Waals surface area contributed by atoms with Gasteiger partial charge < -0.3 is 26.4 Å². The van der Waals surface area contributed by atoms with Crippen molar-refractivity contribution in [2.24, 2.45) is 0 Å². The van der Waals surface area contributed by atoms with Gasteiger partial charge in [0.05, 0.1) is 6.54 Å². The molecule has 1 aliphatic rings. The van der Waals surface area contributed by atoms with Crippen LogP contribution in [0.15, 0.2) is 18.2 Å². The lowest BCUT2D eigenvalue weighted by molar-refractivity contribution is -0.118. The van der Waals surface area contributed by atoms with E-state index in [1.165, 1.54) is 0 Å². The van der Waals surface area contributed by atoms with Crippen LogP contribution in [0.25, 0.3) is 0 Å². The summed E-state index contributed by atoms with van der Waals surface area (Å²) in [7, 11) is 0. The van der Waals surface area contributed by atoms with E-state index in [2.05, 4.69) is 46.6 Å². The number of hydrogen-bond acceptors (Lipinski definition) is 7. The van der Waals surface area contributed by atoms with E-state index in [1.807, 2.05) is 17.9 Å². The van der Waals surface area contributed by atoms with Crippen molar-refractivity contribution in [2.75, 3.05) is 42.2 Å². The molecule has 0 spiro atoms. The van der Waals surface area contributed by atoms with E-state index >= 15 is 0 Å². The van der Waals surface area contributed by atoms with Gasteiger partial charge in [0.2, 0.25) is 11.9 Å². The maximum absolute atomic E-state index is 12.2. The van der Waals surface area contributed by atoms with Gasteiger partial charge in [0.15, 0.2) is 0 Å². The van der Waals surface area contributed by atoms with E-state index in [1.54, 1.807) is 0 Å². The number of aromatic nitrogens is 2. The number of nitrogens with one attached hydrogen (secondary N) is 2. The van der Waals surface area contributed by atoms with Crippen LogP contribution in [0.1, 0.15) is 48.6 Å². The van der Waals surface area contributed by atoms with Crippen LogP contribution in [0, 0.1) is 13.8 Å². The fourth-order valence-corrected chi connectivity index (χ4v) is 4.05. The summed E-state index contributed by atoms with van der Waals surface area (Å²) in [5.41, 5.74) is 11.0. The number of nitrogens with zero attached hydrogens (tertiary/aromatic N) is 3. The van der Waals surface area contributed by atoms with Crippen LogP contribution in [0.5, 0.6) is 0 Å². The minimum Gasteiger partial charge on any atom is -0.396 e.